The van der Waals surface area contributed by atoms with Gasteiger partial charge in [0.2, 0.25) is 0 Å². The van der Waals surface area contributed by atoms with E-state index in [1.54, 1.807) is 0 Å². The molecule has 1 N–H and O–H groups in total. The first-order valence-corrected chi connectivity index (χ1v) is 6.84. The monoisotopic (exact) mass is 224 g/mol. The van der Waals surface area contributed by atoms with Crippen molar-refractivity contribution in [3.63, 3.8) is 0 Å². The molecule has 1 saturated carbocycles. The highest BCUT2D eigenvalue weighted by atomic mass is 16.5. The summed E-state index contributed by atoms with van der Waals surface area (Å²) in [4.78, 5) is 2.73. The number of piperazine rings is 1. The molecule has 1 aliphatic carbocycles. The smallest absolute Gasteiger partial charge is 0.0483 e. The van der Waals surface area contributed by atoms with Crippen LogP contribution < -0.4 is 5.32 Å². The van der Waals surface area contributed by atoms with Crippen LogP contribution in [0.3, 0.4) is 0 Å². The average Bonchev–Trinajstić information content (AvgIpc) is 3.14. The Balaban J connectivity index is 1.63. The van der Waals surface area contributed by atoms with Crippen molar-refractivity contribution in [2.45, 2.75) is 44.2 Å². The Morgan fingerprint density at radius 2 is 2.00 bits per heavy atom. The van der Waals surface area contributed by atoms with Gasteiger partial charge in [-0.05, 0) is 38.5 Å². The van der Waals surface area contributed by atoms with Gasteiger partial charge >= 0.3 is 0 Å². The molecule has 3 fully saturated rings. The van der Waals surface area contributed by atoms with Crippen LogP contribution in [-0.2, 0) is 4.74 Å². The Morgan fingerprint density at radius 3 is 2.69 bits per heavy atom. The molecule has 3 nitrogen and oxygen atoms in total. The molecule has 3 rings (SSSR count). The van der Waals surface area contributed by atoms with Crippen molar-refractivity contribution in [1.82, 2.24) is 10.2 Å². The van der Waals surface area contributed by atoms with E-state index in [1.807, 2.05) is 0 Å². The minimum Gasteiger partial charge on any atom is -0.381 e. The molecule has 0 amide bonds. The Kier molecular flexibility index (Phi) is 2.94. The van der Waals surface area contributed by atoms with Crippen LogP contribution in [-0.4, -0.2) is 49.3 Å². The summed E-state index contributed by atoms with van der Waals surface area (Å²) in [5.74, 6) is 0.978. The normalized spacial score (nSPS) is 36.2. The third kappa shape index (κ3) is 2.13. The van der Waals surface area contributed by atoms with E-state index < -0.39 is 0 Å². The Labute approximate surface area is 98.5 Å². The fourth-order valence-electron chi connectivity index (χ4n) is 3.21. The van der Waals surface area contributed by atoms with Crippen molar-refractivity contribution in [2.75, 3.05) is 32.8 Å². The lowest BCUT2D eigenvalue weighted by Gasteiger charge is -2.48. The minimum atomic E-state index is 0.410. The molecule has 0 spiro atoms. The summed E-state index contributed by atoms with van der Waals surface area (Å²) in [6.07, 6.45) is 5.32. The number of nitrogens with one attached hydrogen (secondary N) is 1. The first kappa shape index (κ1) is 11.0. The molecule has 1 unspecified atom stereocenters. The number of ether oxygens (including phenoxy) is 1. The van der Waals surface area contributed by atoms with Crippen molar-refractivity contribution in [2.24, 2.45) is 5.92 Å². The van der Waals surface area contributed by atoms with E-state index in [-0.39, 0.29) is 0 Å². The van der Waals surface area contributed by atoms with E-state index >= 15 is 0 Å². The molecule has 16 heavy (non-hydrogen) atoms. The second-order valence-electron chi connectivity index (χ2n) is 5.95. The van der Waals surface area contributed by atoms with E-state index in [4.69, 9.17) is 4.74 Å². The van der Waals surface area contributed by atoms with E-state index in [1.165, 1.54) is 45.3 Å². The average molecular weight is 224 g/mol. The summed E-state index contributed by atoms with van der Waals surface area (Å²) in [5.41, 5.74) is 0.410. The van der Waals surface area contributed by atoms with Crippen LogP contribution >= 0.6 is 0 Å². The van der Waals surface area contributed by atoms with Crippen molar-refractivity contribution < 1.29 is 4.74 Å². The zero-order chi connectivity index (χ0) is 11.0. The minimum absolute atomic E-state index is 0.410. The summed E-state index contributed by atoms with van der Waals surface area (Å²) in [5, 5.41) is 3.69. The van der Waals surface area contributed by atoms with Crippen molar-refractivity contribution >= 4 is 0 Å². The van der Waals surface area contributed by atoms with Gasteiger partial charge in [0.1, 0.15) is 0 Å². The molecule has 1 atom stereocenters. The SMILES string of the molecule is CC1(N2CCNC(C3CC3)C2)CCOCC1. The Bertz CT molecular complexity index is 246. The van der Waals surface area contributed by atoms with Gasteiger partial charge in [0, 0.05) is 44.4 Å². The van der Waals surface area contributed by atoms with Gasteiger partial charge < -0.3 is 10.1 Å². The number of hydrogen-bond acceptors (Lipinski definition) is 3. The molecule has 0 aromatic heterocycles. The van der Waals surface area contributed by atoms with E-state index in [9.17, 15) is 0 Å². The van der Waals surface area contributed by atoms with Crippen LogP contribution in [0.4, 0.5) is 0 Å². The number of nitrogens with zero attached hydrogens (tertiary/aromatic N) is 1. The lowest BCUT2D eigenvalue weighted by Crippen LogP contribution is -2.60. The topological polar surface area (TPSA) is 24.5 Å². The fourth-order valence-corrected chi connectivity index (χ4v) is 3.21. The predicted octanol–water partition coefficient (Wildman–Crippen LogP) is 1.24. The van der Waals surface area contributed by atoms with Gasteiger partial charge in [-0.15, -0.1) is 0 Å². The zero-order valence-electron chi connectivity index (χ0n) is 10.4. The predicted molar refractivity (Wildman–Crippen MR) is 64.5 cm³/mol. The van der Waals surface area contributed by atoms with Crippen LogP contribution in [0.2, 0.25) is 0 Å². The van der Waals surface area contributed by atoms with E-state index in [0.717, 1.165) is 25.2 Å². The van der Waals surface area contributed by atoms with Crippen LogP contribution in [0.15, 0.2) is 0 Å². The molecule has 0 bridgehead atoms. The molecular formula is C13H24N2O. The number of rotatable bonds is 2. The van der Waals surface area contributed by atoms with Crippen LogP contribution in [0.1, 0.15) is 32.6 Å². The maximum Gasteiger partial charge on any atom is 0.0483 e. The van der Waals surface area contributed by atoms with E-state index in [0.29, 0.717) is 5.54 Å². The highest BCUT2D eigenvalue weighted by molar-refractivity contribution is 4.97. The second kappa shape index (κ2) is 4.28. The third-order valence-electron chi connectivity index (χ3n) is 4.73. The first-order chi connectivity index (χ1) is 7.78. The zero-order valence-corrected chi connectivity index (χ0v) is 10.4. The standard InChI is InChI=1S/C13H24N2O/c1-13(4-8-16-9-5-13)15-7-6-14-12(10-15)11-2-3-11/h11-12,14H,2-10H2,1H3. The Morgan fingerprint density at radius 1 is 1.25 bits per heavy atom. The second-order valence-corrected chi connectivity index (χ2v) is 5.95. The van der Waals surface area contributed by atoms with Crippen molar-refractivity contribution in [1.29, 1.82) is 0 Å². The molecule has 92 valence electrons. The summed E-state index contributed by atoms with van der Waals surface area (Å²) in [7, 11) is 0. The van der Waals surface area contributed by atoms with Gasteiger partial charge in [0.25, 0.3) is 0 Å². The highest BCUT2D eigenvalue weighted by Crippen LogP contribution is 2.36. The van der Waals surface area contributed by atoms with Gasteiger partial charge in [0.15, 0.2) is 0 Å². The third-order valence-corrected chi connectivity index (χ3v) is 4.73. The summed E-state index contributed by atoms with van der Waals surface area (Å²) in [6.45, 7) is 8.01. The fraction of sp³-hybridized carbons (Fsp3) is 1.00. The van der Waals surface area contributed by atoms with Gasteiger partial charge in [-0.3, -0.25) is 4.90 Å². The molecular weight excluding hydrogens is 200 g/mol. The van der Waals surface area contributed by atoms with Gasteiger partial charge in [0.05, 0.1) is 0 Å². The van der Waals surface area contributed by atoms with Crippen molar-refractivity contribution in [3.05, 3.63) is 0 Å². The first-order valence-electron chi connectivity index (χ1n) is 6.84. The van der Waals surface area contributed by atoms with Gasteiger partial charge in [-0.25, -0.2) is 0 Å². The maximum absolute atomic E-state index is 5.50. The Hall–Kier alpha value is -0.120. The molecule has 0 aromatic carbocycles. The highest BCUT2D eigenvalue weighted by Gasteiger charge is 2.40. The molecule has 0 radical (unpaired) electrons. The number of hydrogen-bond donors (Lipinski definition) is 1. The molecule has 2 saturated heterocycles. The summed E-state index contributed by atoms with van der Waals surface area (Å²) in [6, 6.07) is 0.772. The molecule has 2 aliphatic heterocycles. The maximum atomic E-state index is 5.50. The lowest BCUT2D eigenvalue weighted by atomic mass is 9.88. The van der Waals surface area contributed by atoms with E-state index in [2.05, 4.69) is 17.1 Å². The largest absolute Gasteiger partial charge is 0.381 e. The van der Waals surface area contributed by atoms with Crippen molar-refractivity contribution in [3.8, 4) is 0 Å². The molecule has 3 aliphatic rings. The van der Waals surface area contributed by atoms with Crippen LogP contribution in [0.25, 0.3) is 0 Å². The quantitative estimate of drug-likeness (QED) is 0.764. The summed E-state index contributed by atoms with van der Waals surface area (Å²) < 4.78 is 5.50. The lowest BCUT2D eigenvalue weighted by molar-refractivity contribution is -0.0312. The van der Waals surface area contributed by atoms with Crippen LogP contribution in [0.5, 0.6) is 0 Å². The van der Waals surface area contributed by atoms with Gasteiger partial charge in [-0.1, -0.05) is 0 Å². The van der Waals surface area contributed by atoms with Gasteiger partial charge in [-0.2, -0.15) is 0 Å². The summed E-state index contributed by atoms with van der Waals surface area (Å²) >= 11 is 0. The molecule has 2 heterocycles. The molecule has 3 heteroatoms. The van der Waals surface area contributed by atoms with Crippen LogP contribution in [0, 0.1) is 5.92 Å². The molecule has 0 aromatic rings.